The third-order valence-electron chi connectivity index (χ3n) is 5.50. The van der Waals surface area contributed by atoms with E-state index in [9.17, 15) is 4.79 Å². The minimum Gasteiger partial charge on any atom is -0.493 e. The number of ether oxygens (including phenoxy) is 4. The Hall–Kier alpha value is -2.93. The number of carbonyl (C=O) groups is 1. The number of hydrogen-bond acceptors (Lipinski definition) is 6. The van der Waals surface area contributed by atoms with Gasteiger partial charge >= 0.3 is 0 Å². The molecule has 1 heterocycles. The summed E-state index contributed by atoms with van der Waals surface area (Å²) in [4.78, 5) is 15.3. The molecule has 7 heteroatoms. The number of nitrogens with one attached hydrogen (secondary N) is 1. The van der Waals surface area contributed by atoms with Crippen LogP contribution in [0.2, 0.25) is 0 Å². The van der Waals surface area contributed by atoms with Crippen LogP contribution in [-0.4, -0.2) is 51.3 Å². The maximum atomic E-state index is 13.1. The number of hydrogen-bond donors (Lipinski definition) is 1. The van der Waals surface area contributed by atoms with Gasteiger partial charge in [0.05, 0.1) is 34.0 Å². The Morgan fingerprint density at radius 1 is 1.00 bits per heavy atom. The van der Waals surface area contributed by atoms with E-state index in [0.29, 0.717) is 47.8 Å². The molecular weight excluding hydrogens is 408 g/mol. The maximum absolute atomic E-state index is 13.1. The first-order valence-corrected chi connectivity index (χ1v) is 11.0. The first-order chi connectivity index (χ1) is 15.4. The van der Waals surface area contributed by atoms with Crippen molar-refractivity contribution in [1.29, 1.82) is 0 Å². The van der Waals surface area contributed by atoms with Crippen LogP contribution in [0, 0.1) is 5.92 Å². The van der Waals surface area contributed by atoms with Gasteiger partial charge in [0, 0.05) is 18.3 Å². The summed E-state index contributed by atoms with van der Waals surface area (Å²) in [7, 11) is 4.86. The van der Waals surface area contributed by atoms with Crippen molar-refractivity contribution >= 4 is 11.6 Å². The highest BCUT2D eigenvalue weighted by molar-refractivity contribution is 5.95. The summed E-state index contributed by atoms with van der Waals surface area (Å²) < 4.78 is 22.0. The maximum Gasteiger partial charge on any atom is 0.241 e. The van der Waals surface area contributed by atoms with Crippen LogP contribution in [0.5, 0.6) is 23.0 Å². The second-order valence-corrected chi connectivity index (χ2v) is 8.38. The molecule has 1 aliphatic rings. The van der Waals surface area contributed by atoms with Crippen LogP contribution in [-0.2, 0) is 11.3 Å². The van der Waals surface area contributed by atoms with E-state index in [1.807, 2.05) is 36.4 Å². The summed E-state index contributed by atoms with van der Waals surface area (Å²) in [5, 5.41) is 3.06. The van der Waals surface area contributed by atoms with Gasteiger partial charge in [-0.15, -0.1) is 0 Å². The Labute approximate surface area is 190 Å². The number of methoxy groups -OCH3 is 3. The predicted molar refractivity (Wildman–Crippen MR) is 125 cm³/mol. The quantitative estimate of drug-likeness (QED) is 0.590. The van der Waals surface area contributed by atoms with E-state index in [-0.39, 0.29) is 11.9 Å². The Morgan fingerprint density at radius 3 is 2.38 bits per heavy atom. The molecule has 0 saturated carbocycles. The zero-order chi connectivity index (χ0) is 23.1. The van der Waals surface area contributed by atoms with Crippen LogP contribution in [0.15, 0.2) is 36.4 Å². The molecule has 1 N–H and O–H groups in total. The van der Waals surface area contributed by atoms with E-state index < -0.39 is 0 Å². The van der Waals surface area contributed by atoms with Crippen molar-refractivity contribution in [2.24, 2.45) is 5.92 Å². The minimum absolute atomic E-state index is 0.0112. The van der Waals surface area contributed by atoms with E-state index in [1.165, 1.54) is 0 Å². The zero-order valence-electron chi connectivity index (χ0n) is 19.6. The van der Waals surface area contributed by atoms with E-state index in [0.717, 1.165) is 24.9 Å². The summed E-state index contributed by atoms with van der Waals surface area (Å²) >= 11 is 0. The second-order valence-electron chi connectivity index (χ2n) is 8.38. The number of carbonyl (C=O) groups excluding carboxylic acids is 1. The van der Waals surface area contributed by atoms with Crippen LogP contribution in [0.3, 0.4) is 0 Å². The fraction of sp³-hybridized carbons (Fsp3) is 0.480. The topological polar surface area (TPSA) is 69.3 Å². The third-order valence-corrected chi connectivity index (χ3v) is 5.50. The molecule has 0 aromatic heterocycles. The Kier molecular flexibility index (Phi) is 8.22. The minimum atomic E-state index is -0.190. The lowest BCUT2D eigenvalue weighted by atomic mass is 10.1. The highest BCUT2D eigenvalue weighted by Gasteiger charge is 2.31. The second kappa shape index (κ2) is 11.1. The SMILES string of the molecule is COc1ccc(CN2CCCC2C(=O)Nc2ccc(OC)c(OCC(C)C)c2)cc1OC. The summed E-state index contributed by atoms with van der Waals surface area (Å²) in [6, 6.07) is 11.2. The van der Waals surface area contributed by atoms with Crippen molar-refractivity contribution < 1.29 is 23.7 Å². The zero-order valence-corrected chi connectivity index (χ0v) is 19.6. The molecule has 1 fully saturated rings. The molecule has 0 spiro atoms. The smallest absolute Gasteiger partial charge is 0.241 e. The van der Waals surface area contributed by atoms with Crippen molar-refractivity contribution in [2.45, 2.75) is 39.3 Å². The third kappa shape index (κ3) is 5.85. The van der Waals surface area contributed by atoms with Gasteiger partial charge in [-0.2, -0.15) is 0 Å². The van der Waals surface area contributed by atoms with E-state index in [1.54, 1.807) is 21.3 Å². The molecule has 1 unspecified atom stereocenters. The molecule has 1 saturated heterocycles. The highest BCUT2D eigenvalue weighted by Crippen LogP contribution is 2.32. The Morgan fingerprint density at radius 2 is 1.69 bits per heavy atom. The molecular formula is C25H34N2O5. The molecule has 2 aromatic carbocycles. The van der Waals surface area contributed by atoms with Crippen molar-refractivity contribution in [2.75, 3.05) is 39.8 Å². The van der Waals surface area contributed by atoms with Crippen molar-refractivity contribution in [3.05, 3.63) is 42.0 Å². The van der Waals surface area contributed by atoms with Crippen LogP contribution in [0.1, 0.15) is 32.3 Å². The largest absolute Gasteiger partial charge is 0.493 e. The van der Waals surface area contributed by atoms with Gasteiger partial charge in [0.2, 0.25) is 5.91 Å². The van der Waals surface area contributed by atoms with Gasteiger partial charge in [0.25, 0.3) is 0 Å². The van der Waals surface area contributed by atoms with Crippen LogP contribution < -0.4 is 24.3 Å². The Balaban J connectivity index is 1.68. The summed E-state index contributed by atoms with van der Waals surface area (Å²) in [5.74, 6) is 3.05. The van der Waals surface area contributed by atoms with E-state index in [2.05, 4.69) is 24.1 Å². The molecule has 3 rings (SSSR count). The van der Waals surface area contributed by atoms with Crippen molar-refractivity contribution in [1.82, 2.24) is 4.90 Å². The summed E-state index contributed by atoms with van der Waals surface area (Å²) in [6.07, 6.45) is 1.81. The number of anilines is 1. The average Bonchev–Trinajstić information content (AvgIpc) is 3.25. The van der Waals surface area contributed by atoms with Crippen LogP contribution in [0.4, 0.5) is 5.69 Å². The average molecular weight is 443 g/mol. The van der Waals surface area contributed by atoms with Gasteiger partial charge < -0.3 is 24.3 Å². The number of likely N-dealkylation sites (tertiary alicyclic amines) is 1. The van der Waals surface area contributed by atoms with Gasteiger partial charge in [0.15, 0.2) is 23.0 Å². The molecule has 1 atom stereocenters. The summed E-state index contributed by atoms with van der Waals surface area (Å²) in [5.41, 5.74) is 1.78. The van der Waals surface area contributed by atoms with Crippen molar-refractivity contribution in [3.63, 3.8) is 0 Å². The molecule has 32 heavy (non-hydrogen) atoms. The molecule has 0 aliphatic carbocycles. The van der Waals surface area contributed by atoms with Gasteiger partial charge in [0.1, 0.15) is 0 Å². The van der Waals surface area contributed by atoms with Gasteiger partial charge in [-0.3, -0.25) is 9.69 Å². The molecule has 0 bridgehead atoms. The predicted octanol–water partition coefficient (Wildman–Crippen LogP) is 4.35. The lowest BCUT2D eigenvalue weighted by Crippen LogP contribution is -2.39. The number of benzene rings is 2. The first-order valence-electron chi connectivity index (χ1n) is 11.0. The first kappa shape index (κ1) is 23.7. The van der Waals surface area contributed by atoms with E-state index in [4.69, 9.17) is 18.9 Å². The van der Waals surface area contributed by atoms with Crippen molar-refractivity contribution in [3.8, 4) is 23.0 Å². The van der Waals surface area contributed by atoms with Gasteiger partial charge in [-0.1, -0.05) is 19.9 Å². The fourth-order valence-electron chi connectivity index (χ4n) is 3.88. The lowest BCUT2D eigenvalue weighted by Gasteiger charge is -2.24. The highest BCUT2D eigenvalue weighted by atomic mass is 16.5. The summed E-state index contributed by atoms with van der Waals surface area (Å²) in [6.45, 7) is 6.30. The number of rotatable bonds is 10. The van der Waals surface area contributed by atoms with Gasteiger partial charge in [-0.05, 0) is 55.1 Å². The molecule has 174 valence electrons. The standard InChI is InChI=1S/C25H34N2O5/c1-17(2)16-32-24-14-19(9-11-22(24)30-4)26-25(28)20-7-6-12-27(20)15-18-8-10-21(29-3)23(13-18)31-5/h8-11,13-14,17,20H,6-7,12,15-16H2,1-5H3,(H,26,28). The number of amides is 1. The monoisotopic (exact) mass is 442 g/mol. The lowest BCUT2D eigenvalue weighted by molar-refractivity contribution is -0.120. The van der Waals surface area contributed by atoms with Gasteiger partial charge in [-0.25, -0.2) is 0 Å². The molecule has 7 nitrogen and oxygen atoms in total. The van der Waals surface area contributed by atoms with Crippen LogP contribution in [0.25, 0.3) is 0 Å². The van der Waals surface area contributed by atoms with E-state index >= 15 is 0 Å². The molecule has 1 aliphatic heterocycles. The fourth-order valence-corrected chi connectivity index (χ4v) is 3.88. The molecule has 1 amide bonds. The number of nitrogens with zero attached hydrogens (tertiary/aromatic N) is 1. The molecule has 2 aromatic rings. The molecule has 0 radical (unpaired) electrons. The normalized spacial score (nSPS) is 16.1. The Bertz CT molecular complexity index is 915. The van der Waals surface area contributed by atoms with Crippen LogP contribution >= 0.6 is 0 Å².